The topological polar surface area (TPSA) is 103 Å². The molecule has 0 saturated carbocycles. The van der Waals surface area contributed by atoms with Crippen molar-refractivity contribution in [3.8, 4) is 11.8 Å². The number of amides is 4. The van der Waals surface area contributed by atoms with E-state index in [1.54, 1.807) is 31.2 Å². The van der Waals surface area contributed by atoms with Gasteiger partial charge in [-0.1, -0.05) is 12.1 Å². The maximum absolute atomic E-state index is 12.8. The van der Waals surface area contributed by atoms with E-state index >= 15 is 0 Å². The normalized spacial score (nSPS) is 19.4. The number of hydrogen-bond acceptors (Lipinski definition) is 5. The highest BCUT2D eigenvalue weighted by Crippen LogP contribution is 2.29. The number of nitriles is 1. The smallest absolute Gasteiger partial charge is 0.325 e. The van der Waals surface area contributed by atoms with Crippen LogP contribution in [-0.2, 0) is 15.1 Å². The maximum Gasteiger partial charge on any atom is 0.325 e. The van der Waals surface area contributed by atoms with Crippen molar-refractivity contribution in [3.63, 3.8) is 0 Å². The van der Waals surface area contributed by atoms with Crippen molar-refractivity contribution in [1.29, 1.82) is 5.26 Å². The molecule has 1 aromatic rings. The van der Waals surface area contributed by atoms with Gasteiger partial charge in [0.15, 0.2) is 0 Å². The van der Waals surface area contributed by atoms with Crippen LogP contribution in [0.25, 0.3) is 0 Å². The lowest BCUT2D eigenvalue weighted by atomic mass is 9.92. The van der Waals surface area contributed by atoms with Crippen LogP contribution in [0.1, 0.15) is 18.9 Å². The summed E-state index contributed by atoms with van der Waals surface area (Å²) < 4.78 is 5.09. The Hall–Kier alpha value is -3.08. The van der Waals surface area contributed by atoms with Crippen molar-refractivity contribution < 1.29 is 19.1 Å². The molecule has 4 amide bonds. The van der Waals surface area contributed by atoms with Gasteiger partial charge >= 0.3 is 6.03 Å². The lowest BCUT2D eigenvalue weighted by Crippen LogP contribution is -2.43. The molecule has 1 N–H and O–H groups in total. The number of ether oxygens (including phenoxy) is 1. The highest BCUT2D eigenvalue weighted by molar-refractivity contribution is 6.09. The van der Waals surface area contributed by atoms with Crippen molar-refractivity contribution in [2.75, 3.05) is 27.2 Å². The summed E-state index contributed by atoms with van der Waals surface area (Å²) >= 11 is 0. The first-order valence-electron chi connectivity index (χ1n) is 7.73. The van der Waals surface area contributed by atoms with Crippen molar-refractivity contribution in [1.82, 2.24) is 15.1 Å². The molecule has 1 heterocycles. The molecule has 0 aliphatic carbocycles. The third kappa shape index (κ3) is 3.55. The molecule has 25 heavy (non-hydrogen) atoms. The molecule has 1 saturated heterocycles. The van der Waals surface area contributed by atoms with Gasteiger partial charge in [0.25, 0.3) is 5.91 Å². The minimum absolute atomic E-state index is 0.186. The summed E-state index contributed by atoms with van der Waals surface area (Å²) in [6, 6.07) is 8.11. The Morgan fingerprint density at radius 2 is 2.00 bits per heavy atom. The molecule has 1 aliphatic rings. The van der Waals surface area contributed by atoms with E-state index < -0.39 is 23.4 Å². The van der Waals surface area contributed by atoms with Gasteiger partial charge in [-0.05, 0) is 24.6 Å². The number of carbonyl (C=O) groups excluding carboxylic acids is 3. The Kier molecular flexibility index (Phi) is 5.27. The van der Waals surface area contributed by atoms with Gasteiger partial charge in [-0.25, -0.2) is 4.79 Å². The van der Waals surface area contributed by atoms with Gasteiger partial charge in [0.05, 0.1) is 19.6 Å². The van der Waals surface area contributed by atoms with Gasteiger partial charge in [-0.3, -0.25) is 14.5 Å². The number of imide groups is 1. The van der Waals surface area contributed by atoms with E-state index in [4.69, 9.17) is 10.00 Å². The second kappa shape index (κ2) is 7.21. The molecule has 1 aromatic carbocycles. The van der Waals surface area contributed by atoms with E-state index in [1.807, 2.05) is 6.07 Å². The van der Waals surface area contributed by atoms with Crippen LogP contribution in [0, 0.1) is 11.3 Å². The van der Waals surface area contributed by atoms with Crippen LogP contribution >= 0.6 is 0 Å². The monoisotopic (exact) mass is 344 g/mol. The molecular formula is C17H20N4O4. The van der Waals surface area contributed by atoms with E-state index in [1.165, 1.54) is 19.1 Å². The molecule has 0 aromatic heterocycles. The van der Waals surface area contributed by atoms with Crippen LogP contribution in [0.15, 0.2) is 24.3 Å². The van der Waals surface area contributed by atoms with Crippen LogP contribution in [0.5, 0.6) is 5.75 Å². The molecule has 0 bridgehead atoms. The standard InChI is InChI=1S/C17H20N4O4/c1-17(12-5-7-13(25-3)8-6-12)15(23)21(16(24)19-17)11-14(22)20(2)10-4-9-18/h5-8H,4,10-11H2,1-3H3,(H,19,24). The second-order valence-electron chi connectivity index (χ2n) is 5.90. The fraction of sp³-hybridized carbons (Fsp3) is 0.412. The maximum atomic E-state index is 12.8. The van der Waals surface area contributed by atoms with Gasteiger partial charge in [-0.2, -0.15) is 5.26 Å². The van der Waals surface area contributed by atoms with E-state index in [9.17, 15) is 14.4 Å². The Morgan fingerprint density at radius 3 is 2.56 bits per heavy atom. The van der Waals surface area contributed by atoms with Crippen molar-refractivity contribution >= 4 is 17.8 Å². The minimum atomic E-state index is -1.24. The molecule has 8 nitrogen and oxygen atoms in total. The van der Waals surface area contributed by atoms with Crippen LogP contribution in [-0.4, -0.2) is 54.9 Å². The summed E-state index contributed by atoms with van der Waals surface area (Å²) in [5, 5.41) is 11.2. The number of nitrogens with one attached hydrogen (secondary N) is 1. The molecule has 1 fully saturated rings. The van der Waals surface area contributed by atoms with Crippen molar-refractivity contribution in [2.24, 2.45) is 0 Å². The highest BCUT2D eigenvalue weighted by Gasteiger charge is 2.49. The Morgan fingerprint density at radius 1 is 1.36 bits per heavy atom. The van der Waals surface area contributed by atoms with Gasteiger partial charge in [0, 0.05) is 13.6 Å². The number of hydrogen-bond donors (Lipinski definition) is 1. The lowest BCUT2D eigenvalue weighted by Gasteiger charge is -2.23. The number of rotatable bonds is 6. The minimum Gasteiger partial charge on any atom is -0.497 e. The first-order valence-corrected chi connectivity index (χ1v) is 7.73. The molecule has 0 radical (unpaired) electrons. The lowest BCUT2D eigenvalue weighted by molar-refractivity contribution is -0.138. The van der Waals surface area contributed by atoms with E-state index in [0.717, 1.165) is 4.90 Å². The molecule has 8 heteroatoms. The largest absolute Gasteiger partial charge is 0.497 e. The van der Waals surface area contributed by atoms with E-state index in [0.29, 0.717) is 11.3 Å². The predicted octanol–water partition coefficient (Wildman–Crippen LogP) is 0.834. The van der Waals surface area contributed by atoms with Gasteiger partial charge in [-0.15, -0.1) is 0 Å². The molecule has 1 aliphatic heterocycles. The van der Waals surface area contributed by atoms with Crippen LogP contribution in [0.2, 0.25) is 0 Å². The average molecular weight is 344 g/mol. The molecule has 132 valence electrons. The van der Waals surface area contributed by atoms with Crippen LogP contribution in [0.3, 0.4) is 0 Å². The third-order valence-corrected chi connectivity index (χ3v) is 4.22. The first kappa shape index (κ1) is 18.3. The Balaban J connectivity index is 2.15. The molecule has 2 rings (SSSR count). The molecule has 0 spiro atoms. The average Bonchev–Trinajstić information content (AvgIpc) is 2.83. The number of urea groups is 1. The molecule has 1 unspecified atom stereocenters. The van der Waals surface area contributed by atoms with Gasteiger partial charge in [0.2, 0.25) is 5.91 Å². The number of nitrogens with zero attached hydrogens (tertiary/aromatic N) is 3. The zero-order valence-corrected chi connectivity index (χ0v) is 14.4. The zero-order valence-electron chi connectivity index (χ0n) is 14.4. The van der Waals surface area contributed by atoms with Gasteiger partial charge in [0.1, 0.15) is 17.8 Å². The summed E-state index contributed by atoms with van der Waals surface area (Å²) in [5.74, 6) is -0.266. The summed E-state index contributed by atoms with van der Waals surface area (Å²) in [5.41, 5.74) is -0.645. The quantitative estimate of drug-likeness (QED) is 0.770. The van der Waals surface area contributed by atoms with E-state index in [-0.39, 0.29) is 19.5 Å². The summed E-state index contributed by atoms with van der Waals surface area (Å²) in [7, 11) is 3.07. The summed E-state index contributed by atoms with van der Waals surface area (Å²) in [6.45, 7) is 1.48. The van der Waals surface area contributed by atoms with Crippen molar-refractivity contribution in [3.05, 3.63) is 29.8 Å². The summed E-state index contributed by atoms with van der Waals surface area (Å²) in [6.07, 6.45) is 0.186. The second-order valence-corrected chi connectivity index (χ2v) is 5.90. The number of carbonyl (C=O) groups is 3. The van der Waals surface area contributed by atoms with Crippen LogP contribution in [0.4, 0.5) is 4.79 Å². The van der Waals surface area contributed by atoms with Crippen LogP contribution < -0.4 is 10.1 Å². The summed E-state index contributed by atoms with van der Waals surface area (Å²) in [4.78, 5) is 39.3. The predicted molar refractivity (Wildman–Crippen MR) is 88.5 cm³/mol. The number of benzene rings is 1. The highest BCUT2D eigenvalue weighted by atomic mass is 16.5. The Labute approximate surface area is 146 Å². The van der Waals surface area contributed by atoms with E-state index in [2.05, 4.69) is 5.32 Å². The molecular weight excluding hydrogens is 324 g/mol. The fourth-order valence-electron chi connectivity index (χ4n) is 2.56. The first-order chi connectivity index (χ1) is 11.8. The molecule has 1 atom stereocenters. The van der Waals surface area contributed by atoms with Gasteiger partial charge < -0.3 is 15.0 Å². The number of likely N-dealkylation sites (N-methyl/N-ethyl adjacent to an activating group) is 1. The Bertz CT molecular complexity index is 725. The SMILES string of the molecule is COc1ccc(C2(C)NC(=O)N(CC(=O)N(C)CCC#N)C2=O)cc1. The zero-order chi connectivity index (χ0) is 18.6. The number of methoxy groups -OCH3 is 1. The van der Waals surface area contributed by atoms with Crippen molar-refractivity contribution in [2.45, 2.75) is 18.9 Å². The third-order valence-electron chi connectivity index (χ3n) is 4.22. The fourth-order valence-corrected chi connectivity index (χ4v) is 2.56.